The van der Waals surface area contributed by atoms with Gasteiger partial charge in [-0.1, -0.05) is 18.9 Å². The van der Waals surface area contributed by atoms with Crippen LogP contribution in [0.1, 0.15) is 35.4 Å². The number of aromatic carboxylic acids is 1. The van der Waals surface area contributed by atoms with Crippen LogP contribution in [0.4, 0.5) is 0 Å². The molecule has 0 saturated heterocycles. The van der Waals surface area contributed by atoms with Gasteiger partial charge in [0.1, 0.15) is 5.58 Å². The van der Waals surface area contributed by atoms with Gasteiger partial charge in [-0.3, -0.25) is 0 Å². The van der Waals surface area contributed by atoms with Gasteiger partial charge in [0.2, 0.25) is 5.76 Å². The smallest absolute Gasteiger partial charge is 0.371 e. The second kappa shape index (κ2) is 5.05. The lowest BCUT2D eigenvalue weighted by molar-refractivity contribution is 0.0665. The summed E-state index contributed by atoms with van der Waals surface area (Å²) < 4.78 is 10.8. The van der Waals surface area contributed by atoms with E-state index in [0.717, 1.165) is 29.9 Å². The van der Waals surface area contributed by atoms with E-state index in [4.69, 9.17) is 14.3 Å². The highest BCUT2D eigenvalue weighted by Crippen LogP contribution is 2.32. The Morgan fingerprint density at radius 2 is 2.21 bits per heavy atom. The molecule has 0 amide bonds. The van der Waals surface area contributed by atoms with Gasteiger partial charge in [0.15, 0.2) is 0 Å². The van der Waals surface area contributed by atoms with E-state index in [1.807, 2.05) is 12.1 Å². The molecule has 2 aromatic rings. The topological polar surface area (TPSA) is 59.7 Å². The highest BCUT2D eigenvalue weighted by Gasteiger charge is 2.20. The summed E-state index contributed by atoms with van der Waals surface area (Å²) in [5, 5.41) is 9.67. The number of ether oxygens (including phenoxy) is 1. The van der Waals surface area contributed by atoms with Gasteiger partial charge in [-0.05, 0) is 36.1 Å². The first-order valence-corrected chi connectivity index (χ1v) is 6.56. The van der Waals surface area contributed by atoms with Gasteiger partial charge in [0.05, 0.1) is 6.61 Å². The molecule has 1 N–H and O–H groups in total. The van der Waals surface area contributed by atoms with Crippen molar-refractivity contribution in [3.05, 3.63) is 35.6 Å². The van der Waals surface area contributed by atoms with Gasteiger partial charge in [-0.25, -0.2) is 4.79 Å². The summed E-state index contributed by atoms with van der Waals surface area (Å²) in [6.45, 7) is 1.37. The molecule has 4 nitrogen and oxygen atoms in total. The van der Waals surface area contributed by atoms with Crippen molar-refractivity contribution < 1.29 is 19.1 Å². The van der Waals surface area contributed by atoms with E-state index < -0.39 is 5.97 Å². The van der Waals surface area contributed by atoms with Gasteiger partial charge in [0, 0.05) is 12.0 Å². The van der Waals surface area contributed by atoms with Crippen LogP contribution in [-0.4, -0.2) is 17.7 Å². The van der Waals surface area contributed by atoms with Gasteiger partial charge in [-0.15, -0.1) is 0 Å². The molecule has 1 fully saturated rings. The molecule has 4 heteroatoms. The SMILES string of the molecule is O=C(O)c1cc2cc(COCCC3CC3)ccc2o1. The Labute approximate surface area is 111 Å². The number of carboxylic acid groups (broad SMARTS) is 1. The Kier molecular flexibility index (Phi) is 3.25. The average molecular weight is 260 g/mol. The summed E-state index contributed by atoms with van der Waals surface area (Å²) in [5.41, 5.74) is 1.64. The molecule has 1 aromatic carbocycles. The van der Waals surface area contributed by atoms with Crippen molar-refractivity contribution in [1.29, 1.82) is 0 Å². The predicted molar refractivity (Wildman–Crippen MR) is 70.2 cm³/mol. The molecule has 0 spiro atoms. The summed E-state index contributed by atoms with van der Waals surface area (Å²) in [4.78, 5) is 10.8. The second-order valence-electron chi connectivity index (χ2n) is 5.07. The van der Waals surface area contributed by atoms with Gasteiger partial charge in [0.25, 0.3) is 0 Å². The molecule has 1 saturated carbocycles. The molecule has 19 heavy (non-hydrogen) atoms. The van der Waals surface area contributed by atoms with E-state index in [2.05, 4.69) is 0 Å². The summed E-state index contributed by atoms with van der Waals surface area (Å²) in [6.07, 6.45) is 3.85. The van der Waals surface area contributed by atoms with Crippen molar-refractivity contribution in [3.63, 3.8) is 0 Å². The highest BCUT2D eigenvalue weighted by atomic mass is 16.5. The number of hydrogen-bond donors (Lipinski definition) is 1. The lowest BCUT2D eigenvalue weighted by Gasteiger charge is -2.03. The third-order valence-electron chi connectivity index (χ3n) is 3.43. The molecule has 1 aliphatic carbocycles. The van der Waals surface area contributed by atoms with Crippen LogP contribution in [0.25, 0.3) is 11.0 Å². The summed E-state index contributed by atoms with van der Waals surface area (Å²) in [6, 6.07) is 7.17. The lowest BCUT2D eigenvalue weighted by atomic mass is 10.2. The van der Waals surface area contributed by atoms with E-state index in [0.29, 0.717) is 12.2 Å². The fourth-order valence-corrected chi connectivity index (χ4v) is 2.13. The van der Waals surface area contributed by atoms with Crippen LogP contribution < -0.4 is 0 Å². The molecule has 1 aromatic heterocycles. The fourth-order valence-electron chi connectivity index (χ4n) is 2.13. The van der Waals surface area contributed by atoms with Crippen LogP contribution in [0.3, 0.4) is 0 Å². The molecule has 1 aliphatic rings. The minimum Gasteiger partial charge on any atom is -0.475 e. The quantitative estimate of drug-likeness (QED) is 0.808. The Morgan fingerprint density at radius 1 is 1.37 bits per heavy atom. The standard InChI is InChI=1S/C15H16O4/c16-15(17)14-8-12-7-11(3-4-13(12)19-14)9-18-6-5-10-1-2-10/h3-4,7-8,10H,1-2,5-6,9H2,(H,16,17). The van der Waals surface area contributed by atoms with Crippen molar-refractivity contribution in [1.82, 2.24) is 0 Å². The number of fused-ring (bicyclic) bond motifs is 1. The van der Waals surface area contributed by atoms with Gasteiger partial charge >= 0.3 is 5.97 Å². The molecule has 0 unspecified atom stereocenters. The molecule has 0 atom stereocenters. The van der Waals surface area contributed by atoms with Crippen LogP contribution in [0.2, 0.25) is 0 Å². The van der Waals surface area contributed by atoms with E-state index >= 15 is 0 Å². The van der Waals surface area contributed by atoms with Gasteiger partial charge in [-0.2, -0.15) is 0 Å². The number of furan rings is 1. The monoisotopic (exact) mass is 260 g/mol. The second-order valence-corrected chi connectivity index (χ2v) is 5.07. The average Bonchev–Trinajstić information content (AvgIpc) is 3.11. The van der Waals surface area contributed by atoms with Crippen molar-refractivity contribution in [2.75, 3.05) is 6.61 Å². The maximum absolute atomic E-state index is 10.8. The summed E-state index contributed by atoms with van der Waals surface area (Å²) >= 11 is 0. The first-order valence-electron chi connectivity index (χ1n) is 6.56. The largest absolute Gasteiger partial charge is 0.475 e. The van der Waals surface area contributed by atoms with Crippen LogP contribution in [-0.2, 0) is 11.3 Å². The molecule has 0 radical (unpaired) electrons. The van der Waals surface area contributed by atoms with E-state index in [1.165, 1.54) is 12.8 Å². The zero-order valence-corrected chi connectivity index (χ0v) is 10.6. The minimum absolute atomic E-state index is 0.0261. The van der Waals surface area contributed by atoms with Crippen molar-refractivity contribution in [3.8, 4) is 0 Å². The van der Waals surface area contributed by atoms with Crippen molar-refractivity contribution in [2.24, 2.45) is 5.92 Å². The van der Waals surface area contributed by atoms with Crippen molar-refractivity contribution >= 4 is 16.9 Å². The Bertz CT molecular complexity index is 595. The zero-order chi connectivity index (χ0) is 13.2. The third kappa shape index (κ3) is 2.96. The molecule has 3 rings (SSSR count). The number of hydrogen-bond acceptors (Lipinski definition) is 3. The Morgan fingerprint density at radius 3 is 2.95 bits per heavy atom. The maximum Gasteiger partial charge on any atom is 0.371 e. The maximum atomic E-state index is 10.8. The molecular formula is C15H16O4. The molecule has 0 aliphatic heterocycles. The molecule has 100 valence electrons. The summed E-state index contributed by atoms with van der Waals surface area (Å²) in [5.74, 6) is -0.185. The number of benzene rings is 1. The van der Waals surface area contributed by atoms with E-state index in [-0.39, 0.29) is 5.76 Å². The first-order chi connectivity index (χ1) is 9.22. The van der Waals surface area contributed by atoms with E-state index in [9.17, 15) is 4.79 Å². The summed E-state index contributed by atoms with van der Waals surface area (Å²) in [7, 11) is 0. The molecular weight excluding hydrogens is 244 g/mol. The number of rotatable bonds is 6. The predicted octanol–water partition coefficient (Wildman–Crippen LogP) is 3.45. The normalized spacial score (nSPS) is 14.9. The van der Waals surface area contributed by atoms with E-state index in [1.54, 1.807) is 12.1 Å². The van der Waals surface area contributed by atoms with Gasteiger partial charge < -0.3 is 14.3 Å². The number of carbonyl (C=O) groups is 1. The minimum atomic E-state index is -1.04. The molecule has 0 bridgehead atoms. The lowest BCUT2D eigenvalue weighted by Crippen LogP contribution is -1.96. The van der Waals surface area contributed by atoms with Crippen LogP contribution in [0.15, 0.2) is 28.7 Å². The fraction of sp³-hybridized carbons (Fsp3) is 0.400. The van der Waals surface area contributed by atoms with Crippen LogP contribution in [0, 0.1) is 5.92 Å². The van der Waals surface area contributed by atoms with Crippen LogP contribution >= 0.6 is 0 Å². The van der Waals surface area contributed by atoms with Crippen molar-refractivity contribution in [2.45, 2.75) is 25.9 Å². The number of carboxylic acids is 1. The third-order valence-corrected chi connectivity index (χ3v) is 3.43. The first kappa shape index (κ1) is 12.2. The Hall–Kier alpha value is -1.81. The zero-order valence-electron chi connectivity index (χ0n) is 10.6. The highest BCUT2D eigenvalue weighted by molar-refractivity contribution is 5.91. The Balaban J connectivity index is 1.64. The van der Waals surface area contributed by atoms with Crippen LogP contribution in [0.5, 0.6) is 0 Å². The molecule has 1 heterocycles.